The van der Waals surface area contributed by atoms with Crippen LogP contribution in [0.4, 0.5) is 0 Å². The molecule has 1 aromatic carbocycles. The van der Waals surface area contributed by atoms with Crippen LogP contribution in [0.15, 0.2) is 24.3 Å². The van der Waals surface area contributed by atoms with E-state index in [-0.39, 0.29) is 0 Å². The van der Waals surface area contributed by atoms with Crippen LogP contribution in [-0.4, -0.2) is 4.98 Å². The molecule has 2 aromatic rings. The lowest BCUT2D eigenvalue weighted by Crippen LogP contribution is -2.25. The summed E-state index contributed by atoms with van der Waals surface area (Å²) in [6, 6.07) is 8.65. The smallest absolute Gasteiger partial charge is 0.0267 e. The Bertz CT molecular complexity index is 702. The van der Waals surface area contributed by atoms with Crippen LogP contribution in [0.1, 0.15) is 29.4 Å². The summed E-state index contributed by atoms with van der Waals surface area (Å²) in [5.74, 6) is 0. The van der Waals surface area contributed by atoms with Gasteiger partial charge in [-0.1, -0.05) is 29.8 Å². The minimum Gasteiger partial charge on any atom is -0.361 e. The molecule has 0 saturated carbocycles. The Morgan fingerprint density at radius 2 is 1.82 bits per heavy atom. The van der Waals surface area contributed by atoms with Crippen molar-refractivity contribution in [2.24, 2.45) is 0 Å². The van der Waals surface area contributed by atoms with Gasteiger partial charge in [0.05, 0.1) is 0 Å². The predicted octanol–water partition coefficient (Wildman–Crippen LogP) is 2.19. The zero-order valence-corrected chi connectivity index (χ0v) is 10.6. The van der Waals surface area contributed by atoms with Gasteiger partial charge in [0.15, 0.2) is 0 Å². The minimum atomic E-state index is 1.03. The van der Waals surface area contributed by atoms with Crippen LogP contribution < -0.4 is 10.4 Å². The van der Waals surface area contributed by atoms with Crippen LogP contribution in [0.2, 0.25) is 0 Å². The normalized spacial score (nSPS) is 13.7. The lowest BCUT2D eigenvalue weighted by atomic mass is 10.1. The summed E-state index contributed by atoms with van der Waals surface area (Å²) in [5, 5.41) is 2.72. The molecule has 86 valence electrons. The number of H-pyrrole nitrogens is 1. The van der Waals surface area contributed by atoms with E-state index in [1.54, 1.807) is 0 Å². The maximum Gasteiger partial charge on any atom is 0.0267 e. The van der Waals surface area contributed by atoms with Gasteiger partial charge < -0.3 is 4.98 Å². The molecular formula is C16H17N. The van der Waals surface area contributed by atoms with Gasteiger partial charge in [0, 0.05) is 17.8 Å². The second-order valence-corrected chi connectivity index (χ2v) is 4.96. The van der Waals surface area contributed by atoms with Crippen molar-refractivity contribution in [3.8, 4) is 0 Å². The number of nitrogens with one attached hydrogen (secondary N) is 1. The molecule has 3 rings (SSSR count). The quantitative estimate of drug-likeness (QED) is 0.704. The second kappa shape index (κ2) is 3.63. The fourth-order valence-electron chi connectivity index (χ4n) is 2.68. The molecule has 0 fully saturated rings. The van der Waals surface area contributed by atoms with Gasteiger partial charge in [-0.2, -0.15) is 0 Å². The van der Waals surface area contributed by atoms with Gasteiger partial charge in [0.2, 0.25) is 0 Å². The van der Waals surface area contributed by atoms with Gasteiger partial charge in [-0.3, -0.25) is 0 Å². The molecular weight excluding hydrogens is 206 g/mol. The molecule has 17 heavy (non-hydrogen) atoms. The number of aromatic amines is 1. The van der Waals surface area contributed by atoms with E-state index < -0.39 is 0 Å². The average molecular weight is 223 g/mol. The van der Waals surface area contributed by atoms with E-state index in [0.29, 0.717) is 0 Å². The Morgan fingerprint density at radius 3 is 2.65 bits per heavy atom. The Labute approximate surface area is 102 Å². The van der Waals surface area contributed by atoms with Crippen molar-refractivity contribution in [1.29, 1.82) is 0 Å². The van der Waals surface area contributed by atoms with Gasteiger partial charge in [-0.15, -0.1) is 0 Å². The first-order valence-corrected chi connectivity index (χ1v) is 6.11. The lowest BCUT2D eigenvalue weighted by Gasteiger charge is -1.99. The Hall–Kier alpha value is -1.76. The van der Waals surface area contributed by atoms with Gasteiger partial charge >= 0.3 is 0 Å². The highest BCUT2D eigenvalue weighted by molar-refractivity contribution is 5.64. The Balaban J connectivity index is 2.42. The van der Waals surface area contributed by atoms with E-state index in [1.165, 1.54) is 38.5 Å². The monoisotopic (exact) mass is 223 g/mol. The maximum absolute atomic E-state index is 3.52. The molecule has 1 heteroatoms. The second-order valence-electron chi connectivity index (χ2n) is 4.96. The zero-order valence-electron chi connectivity index (χ0n) is 10.6. The number of hydrogen-bond donors (Lipinski definition) is 1. The first kappa shape index (κ1) is 10.4. The molecule has 1 N–H and O–H groups in total. The molecule has 0 saturated heterocycles. The number of fused-ring (bicyclic) bond motifs is 2. The first-order valence-electron chi connectivity index (χ1n) is 6.11. The third-order valence-corrected chi connectivity index (χ3v) is 3.79. The minimum absolute atomic E-state index is 1.03. The number of rotatable bonds is 0. The predicted molar refractivity (Wildman–Crippen MR) is 72.3 cm³/mol. The van der Waals surface area contributed by atoms with Crippen LogP contribution in [0.3, 0.4) is 0 Å². The van der Waals surface area contributed by atoms with Gasteiger partial charge in [0.1, 0.15) is 0 Å². The van der Waals surface area contributed by atoms with Gasteiger partial charge in [-0.05, 0) is 48.4 Å². The van der Waals surface area contributed by atoms with Crippen molar-refractivity contribution >= 4 is 11.6 Å². The largest absolute Gasteiger partial charge is 0.361 e. The number of benzene rings is 1. The van der Waals surface area contributed by atoms with Crippen LogP contribution in [0, 0.1) is 13.8 Å². The van der Waals surface area contributed by atoms with Crippen molar-refractivity contribution in [3.63, 3.8) is 0 Å². The van der Waals surface area contributed by atoms with E-state index in [4.69, 9.17) is 0 Å². The van der Waals surface area contributed by atoms with E-state index in [1.807, 2.05) is 0 Å². The molecule has 1 aliphatic rings. The lowest BCUT2D eigenvalue weighted by molar-refractivity contribution is 1.11. The number of hydrogen-bond acceptors (Lipinski definition) is 0. The highest BCUT2D eigenvalue weighted by atomic mass is 14.7. The fraction of sp³-hybridized carbons (Fsp3) is 0.250. The Kier molecular flexibility index (Phi) is 2.22. The van der Waals surface area contributed by atoms with Crippen molar-refractivity contribution in [2.45, 2.75) is 27.2 Å². The van der Waals surface area contributed by atoms with Gasteiger partial charge in [0.25, 0.3) is 0 Å². The van der Waals surface area contributed by atoms with Crippen LogP contribution in [-0.2, 0) is 6.42 Å². The molecule has 0 atom stereocenters. The topological polar surface area (TPSA) is 15.8 Å². The molecule has 1 aliphatic carbocycles. The third-order valence-electron chi connectivity index (χ3n) is 3.79. The third kappa shape index (κ3) is 1.54. The molecule has 0 unspecified atom stereocenters. The molecule has 0 radical (unpaired) electrons. The Morgan fingerprint density at radius 1 is 1.06 bits per heavy atom. The fourth-order valence-corrected chi connectivity index (χ4v) is 2.68. The summed E-state index contributed by atoms with van der Waals surface area (Å²) in [4.78, 5) is 3.52. The number of aromatic nitrogens is 1. The van der Waals surface area contributed by atoms with Crippen molar-refractivity contribution < 1.29 is 0 Å². The van der Waals surface area contributed by atoms with Crippen molar-refractivity contribution in [1.82, 2.24) is 4.98 Å². The van der Waals surface area contributed by atoms with Crippen molar-refractivity contribution in [3.05, 3.63) is 57.2 Å². The standard InChI is InChI=1S/C16H17N/c1-10-8-16-15(11(2)12(3)17-16)9-13-6-4-5-7-14(10)13/h4-7,9,17H,8H2,1-3H3. The van der Waals surface area contributed by atoms with Crippen LogP contribution >= 0.6 is 0 Å². The molecule has 0 bridgehead atoms. The van der Waals surface area contributed by atoms with Crippen molar-refractivity contribution in [2.75, 3.05) is 0 Å². The van der Waals surface area contributed by atoms with E-state index in [2.05, 4.69) is 56.1 Å². The molecule has 0 aliphatic heterocycles. The molecule has 1 nitrogen and oxygen atoms in total. The maximum atomic E-state index is 3.52. The first-order chi connectivity index (χ1) is 8.16. The van der Waals surface area contributed by atoms with E-state index in [9.17, 15) is 0 Å². The molecule has 0 amide bonds. The highest BCUT2D eigenvalue weighted by Gasteiger charge is 2.12. The van der Waals surface area contributed by atoms with E-state index in [0.717, 1.165) is 6.42 Å². The molecule has 1 heterocycles. The summed E-state index contributed by atoms with van der Waals surface area (Å²) >= 11 is 0. The highest BCUT2D eigenvalue weighted by Crippen LogP contribution is 2.21. The van der Waals surface area contributed by atoms with Gasteiger partial charge in [-0.25, -0.2) is 0 Å². The van der Waals surface area contributed by atoms with Crippen LogP contribution in [0.5, 0.6) is 0 Å². The van der Waals surface area contributed by atoms with E-state index >= 15 is 0 Å². The summed E-state index contributed by atoms with van der Waals surface area (Å²) in [7, 11) is 0. The SMILES string of the molecule is CC1=c2ccccc2=Cc2c([nH]c(C)c2C)C1. The summed E-state index contributed by atoms with van der Waals surface area (Å²) in [6.45, 7) is 6.58. The van der Waals surface area contributed by atoms with Crippen LogP contribution in [0.25, 0.3) is 11.6 Å². The number of aryl methyl sites for hydroxylation is 1. The molecule has 1 aromatic heterocycles. The zero-order chi connectivity index (χ0) is 12.0. The summed E-state index contributed by atoms with van der Waals surface area (Å²) < 4.78 is 0. The summed E-state index contributed by atoms with van der Waals surface area (Å²) in [5.41, 5.74) is 6.85. The average Bonchev–Trinajstić information content (AvgIpc) is 2.50. The molecule has 0 spiro atoms. The summed E-state index contributed by atoms with van der Waals surface area (Å²) in [6.07, 6.45) is 3.34.